The Morgan fingerprint density at radius 2 is 1.91 bits per heavy atom. The van der Waals surface area contributed by atoms with Crippen LogP contribution in [0.5, 0.6) is 5.88 Å². The van der Waals surface area contributed by atoms with Crippen molar-refractivity contribution < 1.29 is 23.8 Å². The third kappa shape index (κ3) is 7.04. The lowest BCUT2D eigenvalue weighted by atomic mass is 10.1. The molecule has 126 valence electrons. The predicted octanol–water partition coefficient (Wildman–Crippen LogP) is 0.904. The van der Waals surface area contributed by atoms with E-state index in [9.17, 15) is 4.57 Å². The van der Waals surface area contributed by atoms with E-state index in [1.807, 2.05) is 0 Å². The zero-order chi connectivity index (χ0) is 16.6. The second kappa shape index (κ2) is 8.89. The number of hydrogen-bond acceptors (Lipinski definition) is 7. The molecule has 0 saturated carbocycles. The molecule has 0 aliphatic heterocycles. The summed E-state index contributed by atoms with van der Waals surface area (Å²) in [5.74, 6) is 0.596. The monoisotopic (exact) mass is 334 g/mol. The van der Waals surface area contributed by atoms with Gasteiger partial charge in [-0.15, -0.1) is 0 Å². The summed E-state index contributed by atoms with van der Waals surface area (Å²) in [6.07, 6.45) is 3.09. The fourth-order valence-electron chi connectivity index (χ4n) is 1.78. The Morgan fingerprint density at radius 3 is 2.55 bits per heavy atom. The molecule has 0 bridgehead atoms. The van der Waals surface area contributed by atoms with Gasteiger partial charge in [0.15, 0.2) is 0 Å². The Labute approximate surface area is 129 Å². The third-order valence-electron chi connectivity index (χ3n) is 2.77. The first-order valence-electron chi connectivity index (χ1n) is 7.00. The molecule has 1 rings (SSSR count). The van der Waals surface area contributed by atoms with Crippen molar-refractivity contribution in [2.24, 2.45) is 0 Å². The van der Waals surface area contributed by atoms with Gasteiger partial charge in [0.25, 0.3) is 0 Å². The van der Waals surface area contributed by atoms with E-state index in [4.69, 9.17) is 30.7 Å². The molecule has 0 aliphatic rings. The van der Waals surface area contributed by atoms with Gasteiger partial charge >= 0.3 is 7.60 Å². The molecule has 1 aromatic rings. The molecule has 10 heteroatoms. The maximum absolute atomic E-state index is 10.6. The molecule has 22 heavy (non-hydrogen) atoms. The van der Waals surface area contributed by atoms with E-state index < -0.39 is 13.9 Å². The number of rotatable bonds is 10. The maximum Gasteiger partial charge on any atom is 0.350 e. The lowest BCUT2D eigenvalue weighted by Crippen LogP contribution is -2.13. The summed E-state index contributed by atoms with van der Waals surface area (Å²) in [5.41, 5.74) is 12.1. The normalized spacial score (nSPS) is 11.6. The van der Waals surface area contributed by atoms with Crippen molar-refractivity contribution in [3.8, 4) is 5.88 Å². The number of nitrogen functional groups attached to an aromatic ring is 2. The summed E-state index contributed by atoms with van der Waals surface area (Å²) in [7, 11) is -4.16. The van der Waals surface area contributed by atoms with Gasteiger partial charge in [0.05, 0.1) is 12.2 Å². The van der Waals surface area contributed by atoms with E-state index in [1.54, 1.807) is 0 Å². The Balaban J connectivity index is 2.58. The first kappa shape index (κ1) is 18.6. The molecule has 1 aromatic heterocycles. The van der Waals surface area contributed by atoms with Crippen LogP contribution in [0.4, 0.5) is 11.8 Å². The molecule has 0 fully saturated rings. The lowest BCUT2D eigenvalue weighted by Gasteiger charge is -2.13. The van der Waals surface area contributed by atoms with Crippen molar-refractivity contribution in [1.82, 2.24) is 9.97 Å². The summed E-state index contributed by atoms with van der Waals surface area (Å²) in [6, 6.07) is 0. The minimum absolute atomic E-state index is 0.0166. The number of hydrogen-bond donors (Lipinski definition) is 4. The molecular formula is C12H23N4O5P. The van der Waals surface area contributed by atoms with Crippen LogP contribution in [0, 0.1) is 0 Å². The van der Waals surface area contributed by atoms with Crippen LogP contribution in [0.2, 0.25) is 0 Å². The number of unbranched alkanes of at least 4 members (excludes halogenated alkanes) is 2. The average Bonchev–Trinajstić information content (AvgIpc) is 2.40. The topological polar surface area (TPSA) is 154 Å². The van der Waals surface area contributed by atoms with Crippen LogP contribution in [-0.4, -0.2) is 39.3 Å². The molecule has 6 N–H and O–H groups in total. The molecule has 1 heterocycles. The Morgan fingerprint density at radius 1 is 1.18 bits per heavy atom. The zero-order valence-corrected chi connectivity index (χ0v) is 13.5. The van der Waals surface area contributed by atoms with Gasteiger partial charge in [-0.05, 0) is 12.8 Å². The van der Waals surface area contributed by atoms with E-state index in [2.05, 4.69) is 16.9 Å². The summed E-state index contributed by atoms with van der Waals surface area (Å²) < 4.78 is 20.9. The third-order valence-corrected chi connectivity index (χ3v) is 3.29. The molecule has 0 aliphatic carbocycles. The summed E-state index contributed by atoms with van der Waals surface area (Å²) in [4.78, 5) is 25.3. The Kier molecular flexibility index (Phi) is 7.53. The second-order valence-corrected chi connectivity index (χ2v) is 6.35. The van der Waals surface area contributed by atoms with E-state index in [1.165, 1.54) is 0 Å². The first-order valence-corrected chi connectivity index (χ1v) is 8.80. The summed E-state index contributed by atoms with van der Waals surface area (Å²) >= 11 is 0. The van der Waals surface area contributed by atoms with Gasteiger partial charge in [0, 0.05) is 0 Å². The molecule has 0 spiro atoms. The van der Waals surface area contributed by atoms with Crippen molar-refractivity contribution in [3.05, 3.63) is 5.56 Å². The fourth-order valence-corrected chi connectivity index (χ4v) is 2.15. The zero-order valence-electron chi connectivity index (χ0n) is 12.6. The fraction of sp³-hybridized carbons (Fsp3) is 0.667. The van der Waals surface area contributed by atoms with Crippen LogP contribution in [0.15, 0.2) is 0 Å². The van der Waals surface area contributed by atoms with Crippen LogP contribution >= 0.6 is 7.60 Å². The molecule has 0 atom stereocenters. The van der Waals surface area contributed by atoms with Gasteiger partial charge in [-0.25, -0.2) is 0 Å². The van der Waals surface area contributed by atoms with Gasteiger partial charge in [0.1, 0.15) is 18.8 Å². The van der Waals surface area contributed by atoms with Crippen LogP contribution in [0.1, 0.15) is 31.7 Å². The SMILES string of the molecule is CCCCCc1c(N)nc(N)nc1OCCOCP(=O)(O)O. The van der Waals surface area contributed by atoms with E-state index >= 15 is 0 Å². The first-order chi connectivity index (χ1) is 10.3. The molecule has 9 nitrogen and oxygen atoms in total. The number of ether oxygens (including phenoxy) is 2. The van der Waals surface area contributed by atoms with E-state index in [0.29, 0.717) is 17.9 Å². The van der Waals surface area contributed by atoms with Gasteiger partial charge in [-0.1, -0.05) is 19.8 Å². The number of nitrogens with zero attached hydrogens (tertiary/aromatic N) is 2. The Hall–Kier alpha value is -1.41. The molecule has 0 aromatic carbocycles. The minimum atomic E-state index is -4.16. The Bertz CT molecular complexity index is 522. The van der Waals surface area contributed by atoms with Crippen molar-refractivity contribution in [2.45, 2.75) is 32.6 Å². The number of anilines is 2. The highest BCUT2D eigenvalue weighted by atomic mass is 31.2. The van der Waals surface area contributed by atoms with Gasteiger partial charge < -0.3 is 30.7 Å². The molecule has 0 radical (unpaired) electrons. The van der Waals surface area contributed by atoms with Crippen LogP contribution in [0.25, 0.3) is 0 Å². The number of nitrogens with two attached hydrogens (primary N) is 2. The van der Waals surface area contributed by atoms with Crippen molar-refractivity contribution >= 4 is 19.4 Å². The van der Waals surface area contributed by atoms with Gasteiger partial charge in [0.2, 0.25) is 11.8 Å². The highest BCUT2D eigenvalue weighted by Crippen LogP contribution is 2.33. The summed E-state index contributed by atoms with van der Waals surface area (Å²) in [6.45, 7) is 2.19. The minimum Gasteiger partial charge on any atom is -0.475 e. The predicted molar refractivity (Wildman–Crippen MR) is 82.4 cm³/mol. The summed E-state index contributed by atoms with van der Waals surface area (Å²) in [5, 5.41) is 0. The molecule has 0 amide bonds. The highest BCUT2D eigenvalue weighted by molar-refractivity contribution is 7.51. The van der Waals surface area contributed by atoms with Gasteiger partial charge in [-0.3, -0.25) is 4.57 Å². The van der Waals surface area contributed by atoms with Gasteiger partial charge in [-0.2, -0.15) is 9.97 Å². The van der Waals surface area contributed by atoms with Crippen LogP contribution < -0.4 is 16.2 Å². The van der Waals surface area contributed by atoms with E-state index in [0.717, 1.165) is 19.3 Å². The van der Waals surface area contributed by atoms with E-state index in [-0.39, 0.29) is 25.0 Å². The quantitative estimate of drug-likeness (QED) is 0.361. The van der Waals surface area contributed by atoms with Crippen molar-refractivity contribution in [1.29, 1.82) is 0 Å². The smallest absolute Gasteiger partial charge is 0.350 e. The number of aromatic nitrogens is 2. The van der Waals surface area contributed by atoms with Crippen LogP contribution in [0.3, 0.4) is 0 Å². The lowest BCUT2D eigenvalue weighted by molar-refractivity contribution is 0.117. The van der Waals surface area contributed by atoms with Crippen molar-refractivity contribution in [2.75, 3.05) is 31.0 Å². The van der Waals surface area contributed by atoms with Crippen molar-refractivity contribution in [3.63, 3.8) is 0 Å². The molecule has 0 saturated heterocycles. The highest BCUT2D eigenvalue weighted by Gasteiger charge is 2.14. The molecular weight excluding hydrogens is 311 g/mol. The standard InChI is InChI=1S/C12H23N4O5P/c1-2-3-4-5-9-10(13)15-12(14)16-11(9)21-7-6-20-8-22(17,18)19/h2-8H2,1H3,(H2,17,18,19)(H4,13,14,15,16). The molecule has 0 unspecified atom stereocenters. The largest absolute Gasteiger partial charge is 0.475 e. The average molecular weight is 334 g/mol. The van der Waals surface area contributed by atoms with Crippen LogP contribution in [-0.2, 0) is 15.7 Å². The second-order valence-electron chi connectivity index (χ2n) is 4.76. The maximum atomic E-state index is 10.6.